The first-order valence-corrected chi connectivity index (χ1v) is 6.58. The van der Waals surface area contributed by atoms with E-state index in [1.807, 2.05) is 6.92 Å². The van der Waals surface area contributed by atoms with Gasteiger partial charge in [-0.1, -0.05) is 13.3 Å². The molecule has 0 bridgehead atoms. The molecule has 0 heterocycles. The van der Waals surface area contributed by atoms with Crippen LogP contribution in [0.15, 0.2) is 12.1 Å². The Morgan fingerprint density at radius 3 is 2.14 bits per heavy atom. The van der Waals surface area contributed by atoms with E-state index in [0.717, 1.165) is 6.42 Å². The predicted molar refractivity (Wildman–Crippen MR) is 77.8 cm³/mol. The monoisotopic (exact) mass is 298 g/mol. The molecule has 0 saturated heterocycles. The molecule has 3 N–H and O–H groups in total. The molecule has 0 aromatic heterocycles. The lowest BCUT2D eigenvalue weighted by Crippen LogP contribution is -2.42. The summed E-state index contributed by atoms with van der Waals surface area (Å²) in [6.07, 6.45) is 0.644. The van der Waals surface area contributed by atoms with E-state index in [1.165, 1.54) is 21.3 Å². The van der Waals surface area contributed by atoms with E-state index in [0.29, 0.717) is 29.4 Å². The number of carbonyl (C=O) groups is 1. The van der Waals surface area contributed by atoms with Gasteiger partial charge >= 0.3 is 0 Å². The second-order valence-electron chi connectivity index (χ2n) is 4.26. The van der Waals surface area contributed by atoms with Gasteiger partial charge in [-0.2, -0.15) is 0 Å². The summed E-state index contributed by atoms with van der Waals surface area (Å²) in [4.78, 5) is 11.7. The number of hydrogen-bond acceptors (Lipinski definition) is 6. The molecule has 1 unspecified atom stereocenters. The van der Waals surface area contributed by atoms with Gasteiger partial charge in [-0.05, 0) is 6.42 Å². The van der Waals surface area contributed by atoms with Gasteiger partial charge in [0.05, 0.1) is 21.3 Å². The second kappa shape index (κ2) is 8.21. The Morgan fingerprint density at radius 1 is 1.19 bits per heavy atom. The van der Waals surface area contributed by atoms with Crippen LogP contribution >= 0.6 is 0 Å². The Balaban J connectivity index is 3.09. The molecular formula is C14H22N2O5. The Morgan fingerprint density at radius 2 is 1.76 bits per heavy atom. The van der Waals surface area contributed by atoms with Crippen LogP contribution in [-0.4, -0.2) is 33.3 Å². The molecule has 7 nitrogen and oxygen atoms in total. The third kappa shape index (κ3) is 4.16. The van der Waals surface area contributed by atoms with Crippen molar-refractivity contribution in [3.63, 3.8) is 0 Å². The lowest BCUT2D eigenvalue weighted by molar-refractivity contribution is -0.128. The first kappa shape index (κ1) is 16.9. The molecule has 0 aliphatic heterocycles. The number of amides is 1. The molecule has 1 aromatic rings. The summed E-state index contributed by atoms with van der Waals surface area (Å²) < 4.78 is 21.4. The standard InChI is InChI=1S/C14H22N2O5/c1-5-6-10(14(17)16-15)21-9-7-11(18-2)13(20-4)12(8-9)19-3/h7-8,10H,5-6,15H2,1-4H3,(H,16,17). The second-order valence-corrected chi connectivity index (χ2v) is 4.26. The number of benzene rings is 1. The van der Waals surface area contributed by atoms with Crippen LogP contribution in [0.3, 0.4) is 0 Å². The smallest absolute Gasteiger partial charge is 0.274 e. The Labute approximate surface area is 124 Å². The molecular weight excluding hydrogens is 276 g/mol. The molecule has 0 spiro atoms. The van der Waals surface area contributed by atoms with Crippen molar-refractivity contribution in [1.29, 1.82) is 0 Å². The average molecular weight is 298 g/mol. The Hall–Kier alpha value is -2.15. The number of rotatable bonds is 8. The van der Waals surface area contributed by atoms with Crippen LogP contribution in [0.1, 0.15) is 19.8 Å². The van der Waals surface area contributed by atoms with Crippen LogP contribution < -0.4 is 30.2 Å². The van der Waals surface area contributed by atoms with E-state index in [-0.39, 0.29) is 5.91 Å². The molecule has 0 aliphatic carbocycles. The molecule has 0 fully saturated rings. The zero-order valence-corrected chi connectivity index (χ0v) is 12.8. The van der Waals surface area contributed by atoms with Crippen molar-refractivity contribution in [3.8, 4) is 23.0 Å². The number of methoxy groups -OCH3 is 3. The lowest BCUT2D eigenvalue weighted by atomic mass is 10.2. The van der Waals surface area contributed by atoms with Gasteiger partial charge in [-0.25, -0.2) is 5.84 Å². The highest BCUT2D eigenvalue weighted by atomic mass is 16.5. The molecule has 1 rings (SSSR count). The first-order chi connectivity index (χ1) is 10.1. The van der Waals surface area contributed by atoms with Crippen LogP contribution in [0.5, 0.6) is 23.0 Å². The molecule has 1 atom stereocenters. The highest BCUT2D eigenvalue weighted by Crippen LogP contribution is 2.41. The van der Waals surface area contributed by atoms with Gasteiger partial charge in [0.25, 0.3) is 5.91 Å². The van der Waals surface area contributed by atoms with Gasteiger partial charge in [0.15, 0.2) is 17.6 Å². The molecule has 0 radical (unpaired) electrons. The minimum atomic E-state index is -0.678. The average Bonchev–Trinajstić information content (AvgIpc) is 2.52. The van der Waals surface area contributed by atoms with Crippen molar-refractivity contribution in [3.05, 3.63) is 12.1 Å². The third-order valence-corrected chi connectivity index (χ3v) is 2.90. The fraction of sp³-hybridized carbons (Fsp3) is 0.500. The molecule has 21 heavy (non-hydrogen) atoms. The minimum Gasteiger partial charge on any atom is -0.493 e. The van der Waals surface area contributed by atoms with Crippen molar-refractivity contribution in [2.75, 3.05) is 21.3 Å². The third-order valence-electron chi connectivity index (χ3n) is 2.90. The number of nitrogens with two attached hydrogens (primary N) is 1. The van der Waals surface area contributed by atoms with E-state index in [4.69, 9.17) is 24.8 Å². The summed E-state index contributed by atoms with van der Waals surface area (Å²) in [6.45, 7) is 1.95. The number of nitrogens with one attached hydrogen (secondary N) is 1. The SMILES string of the molecule is CCCC(Oc1cc(OC)c(OC)c(OC)c1)C(=O)NN. The molecule has 7 heteroatoms. The summed E-state index contributed by atoms with van der Waals surface area (Å²) >= 11 is 0. The maximum atomic E-state index is 11.7. The van der Waals surface area contributed by atoms with E-state index < -0.39 is 6.10 Å². The highest BCUT2D eigenvalue weighted by Gasteiger charge is 2.21. The zero-order valence-electron chi connectivity index (χ0n) is 12.8. The number of carbonyl (C=O) groups excluding carboxylic acids is 1. The lowest BCUT2D eigenvalue weighted by Gasteiger charge is -2.19. The van der Waals surface area contributed by atoms with Gasteiger partial charge in [-0.3, -0.25) is 10.2 Å². The van der Waals surface area contributed by atoms with Gasteiger partial charge in [0.2, 0.25) is 5.75 Å². The van der Waals surface area contributed by atoms with Crippen molar-refractivity contribution >= 4 is 5.91 Å². The van der Waals surface area contributed by atoms with Crippen molar-refractivity contribution in [2.45, 2.75) is 25.9 Å². The largest absolute Gasteiger partial charge is 0.493 e. The maximum absolute atomic E-state index is 11.7. The number of hydrazine groups is 1. The molecule has 118 valence electrons. The fourth-order valence-electron chi connectivity index (χ4n) is 1.89. The van der Waals surface area contributed by atoms with Crippen molar-refractivity contribution in [1.82, 2.24) is 5.43 Å². The predicted octanol–water partition coefficient (Wildman–Crippen LogP) is 1.25. The topological polar surface area (TPSA) is 92.0 Å². The quantitative estimate of drug-likeness (QED) is 0.426. The molecule has 0 saturated carbocycles. The normalized spacial score (nSPS) is 11.5. The summed E-state index contributed by atoms with van der Waals surface area (Å²) in [5, 5.41) is 0. The summed E-state index contributed by atoms with van der Waals surface area (Å²) in [5.41, 5.74) is 2.10. The van der Waals surface area contributed by atoms with Crippen LogP contribution in [0.25, 0.3) is 0 Å². The summed E-state index contributed by atoms with van der Waals surface area (Å²) in [5.74, 6) is 6.59. The van der Waals surface area contributed by atoms with Crippen molar-refractivity contribution in [2.24, 2.45) is 5.84 Å². The number of ether oxygens (including phenoxy) is 4. The van der Waals surface area contributed by atoms with E-state index >= 15 is 0 Å². The highest BCUT2D eigenvalue weighted by molar-refractivity contribution is 5.80. The maximum Gasteiger partial charge on any atom is 0.274 e. The van der Waals surface area contributed by atoms with Crippen LogP contribution in [-0.2, 0) is 4.79 Å². The van der Waals surface area contributed by atoms with Crippen LogP contribution in [0, 0.1) is 0 Å². The van der Waals surface area contributed by atoms with E-state index in [2.05, 4.69) is 5.43 Å². The van der Waals surface area contributed by atoms with E-state index in [9.17, 15) is 4.79 Å². The molecule has 0 aliphatic rings. The van der Waals surface area contributed by atoms with Crippen molar-refractivity contribution < 1.29 is 23.7 Å². The van der Waals surface area contributed by atoms with Crippen LogP contribution in [0.4, 0.5) is 0 Å². The molecule has 1 aromatic carbocycles. The Kier molecular flexibility index (Phi) is 6.61. The summed E-state index contributed by atoms with van der Waals surface area (Å²) in [7, 11) is 4.54. The Bertz CT molecular complexity index is 453. The van der Waals surface area contributed by atoms with Gasteiger partial charge in [0.1, 0.15) is 5.75 Å². The number of hydrogen-bond donors (Lipinski definition) is 2. The van der Waals surface area contributed by atoms with Gasteiger partial charge in [0, 0.05) is 12.1 Å². The fourth-order valence-corrected chi connectivity index (χ4v) is 1.89. The van der Waals surface area contributed by atoms with E-state index in [1.54, 1.807) is 12.1 Å². The first-order valence-electron chi connectivity index (χ1n) is 6.58. The zero-order chi connectivity index (χ0) is 15.8. The molecule has 1 amide bonds. The van der Waals surface area contributed by atoms with Gasteiger partial charge < -0.3 is 18.9 Å². The minimum absolute atomic E-state index is 0.384. The van der Waals surface area contributed by atoms with Crippen LogP contribution in [0.2, 0.25) is 0 Å². The van der Waals surface area contributed by atoms with Gasteiger partial charge in [-0.15, -0.1) is 0 Å². The summed E-state index contributed by atoms with van der Waals surface area (Å²) in [6, 6.07) is 3.27.